The van der Waals surface area contributed by atoms with Crippen molar-refractivity contribution in [3.8, 4) is 0 Å². The van der Waals surface area contributed by atoms with Gasteiger partial charge in [-0.15, -0.1) is 0 Å². The average molecular weight is 365 g/mol. The van der Waals surface area contributed by atoms with Crippen LogP contribution in [-0.2, 0) is 11.3 Å². The average Bonchev–Trinajstić information content (AvgIpc) is 2.52. The van der Waals surface area contributed by atoms with Crippen molar-refractivity contribution in [1.29, 1.82) is 0 Å². The van der Waals surface area contributed by atoms with E-state index in [2.05, 4.69) is 12.2 Å². The monoisotopic (exact) mass is 364 g/mol. The number of ether oxygens (including phenoxy) is 1. The van der Waals surface area contributed by atoms with Gasteiger partial charge < -0.3 is 10.1 Å². The predicted octanol–water partition coefficient (Wildman–Crippen LogP) is 4.60. The van der Waals surface area contributed by atoms with Crippen molar-refractivity contribution < 1.29 is 9.53 Å². The molecule has 140 valence electrons. The fraction of sp³-hybridized carbons (Fsp3) is 0.650. The summed E-state index contributed by atoms with van der Waals surface area (Å²) < 4.78 is 5.70. The molecule has 2 atom stereocenters. The van der Waals surface area contributed by atoms with Crippen LogP contribution >= 0.6 is 12.6 Å². The number of benzene rings is 1. The summed E-state index contributed by atoms with van der Waals surface area (Å²) in [6, 6.07) is 10.4. The SMILES string of the molecule is CCN[C@H]1CCCC(S)(N(Cc2ccccc2)C(=O)OC(C)(C)C)C1. The number of carbonyl (C=O) groups is 1. The molecule has 1 aromatic rings. The lowest BCUT2D eigenvalue weighted by Gasteiger charge is -2.45. The molecule has 1 fully saturated rings. The van der Waals surface area contributed by atoms with Crippen molar-refractivity contribution in [2.75, 3.05) is 6.54 Å². The van der Waals surface area contributed by atoms with Crippen LogP contribution in [0.1, 0.15) is 58.9 Å². The third-order valence-electron chi connectivity index (χ3n) is 4.50. The van der Waals surface area contributed by atoms with Crippen LogP contribution in [0.5, 0.6) is 0 Å². The fourth-order valence-electron chi connectivity index (χ4n) is 3.40. The van der Waals surface area contributed by atoms with Crippen molar-refractivity contribution in [2.24, 2.45) is 0 Å². The number of thiol groups is 1. The summed E-state index contributed by atoms with van der Waals surface area (Å²) in [6.07, 6.45) is 3.60. The van der Waals surface area contributed by atoms with Gasteiger partial charge >= 0.3 is 6.09 Å². The minimum absolute atomic E-state index is 0.288. The lowest BCUT2D eigenvalue weighted by molar-refractivity contribution is 0.00268. The van der Waals surface area contributed by atoms with Crippen molar-refractivity contribution in [1.82, 2.24) is 10.2 Å². The van der Waals surface area contributed by atoms with Gasteiger partial charge in [0, 0.05) is 6.04 Å². The van der Waals surface area contributed by atoms with Crippen LogP contribution in [-0.4, -0.2) is 34.1 Å². The standard InChI is InChI=1S/C20H32N2O2S/c1-5-21-17-12-9-13-20(25,14-17)22(18(23)24-19(2,3)4)15-16-10-7-6-8-11-16/h6-8,10-11,17,21,25H,5,9,12-15H2,1-4H3/t17-,20?/m0/s1. The number of hydrogen-bond acceptors (Lipinski definition) is 4. The molecule has 1 saturated carbocycles. The predicted molar refractivity (Wildman–Crippen MR) is 106 cm³/mol. The van der Waals surface area contributed by atoms with E-state index in [4.69, 9.17) is 17.4 Å². The Morgan fingerprint density at radius 3 is 2.64 bits per heavy atom. The van der Waals surface area contributed by atoms with Crippen LogP contribution in [0, 0.1) is 0 Å². The second-order valence-corrected chi connectivity index (χ2v) is 8.72. The molecule has 1 aromatic carbocycles. The zero-order chi connectivity index (χ0) is 18.5. The van der Waals surface area contributed by atoms with Crippen molar-refractivity contribution in [3.63, 3.8) is 0 Å². The molecule has 1 unspecified atom stereocenters. The Morgan fingerprint density at radius 2 is 2.04 bits per heavy atom. The second-order valence-electron chi connectivity index (χ2n) is 7.89. The molecule has 0 saturated heterocycles. The maximum atomic E-state index is 13.0. The molecular formula is C20H32N2O2S. The number of hydrogen-bond donors (Lipinski definition) is 2. The van der Waals surface area contributed by atoms with Gasteiger partial charge in [0.05, 0.1) is 11.4 Å². The molecule has 0 aromatic heterocycles. The second kappa shape index (κ2) is 8.45. The van der Waals surface area contributed by atoms with Gasteiger partial charge in [0.2, 0.25) is 0 Å². The molecular weight excluding hydrogens is 332 g/mol. The highest BCUT2D eigenvalue weighted by atomic mass is 32.1. The smallest absolute Gasteiger partial charge is 0.411 e. The molecule has 1 N–H and O–H groups in total. The molecule has 0 bridgehead atoms. The first-order valence-corrected chi connectivity index (χ1v) is 9.68. The first-order valence-electron chi connectivity index (χ1n) is 9.24. The van der Waals surface area contributed by atoms with E-state index in [9.17, 15) is 4.79 Å². The third-order valence-corrected chi connectivity index (χ3v) is 5.14. The Hall–Kier alpha value is -1.20. The van der Waals surface area contributed by atoms with Gasteiger partial charge in [0.25, 0.3) is 0 Å². The molecule has 0 spiro atoms. The lowest BCUT2D eigenvalue weighted by Crippen LogP contribution is -2.54. The van der Waals surface area contributed by atoms with Gasteiger partial charge in [-0.1, -0.05) is 37.3 Å². The molecule has 4 nitrogen and oxygen atoms in total. The number of rotatable bonds is 5. The number of nitrogens with one attached hydrogen (secondary N) is 1. The maximum absolute atomic E-state index is 13.0. The van der Waals surface area contributed by atoms with Crippen LogP contribution in [0.3, 0.4) is 0 Å². The summed E-state index contributed by atoms with van der Waals surface area (Å²) in [5.41, 5.74) is 0.568. The summed E-state index contributed by atoms with van der Waals surface area (Å²) in [5, 5.41) is 3.52. The lowest BCUT2D eigenvalue weighted by atomic mass is 9.89. The van der Waals surface area contributed by atoms with Gasteiger partial charge in [-0.05, 0) is 58.6 Å². The van der Waals surface area contributed by atoms with Gasteiger partial charge in [0.15, 0.2) is 0 Å². The van der Waals surface area contributed by atoms with E-state index in [1.807, 2.05) is 56.0 Å². The van der Waals surface area contributed by atoms with Gasteiger partial charge in [0.1, 0.15) is 5.60 Å². The van der Waals surface area contributed by atoms with E-state index in [0.29, 0.717) is 12.6 Å². The van der Waals surface area contributed by atoms with Crippen LogP contribution in [0.15, 0.2) is 30.3 Å². The quantitative estimate of drug-likeness (QED) is 0.592. The molecule has 0 aliphatic heterocycles. The molecule has 1 amide bonds. The summed E-state index contributed by atoms with van der Waals surface area (Å²) in [7, 11) is 0. The first kappa shape index (κ1) is 20.1. The summed E-state index contributed by atoms with van der Waals surface area (Å²) >= 11 is 5.00. The normalized spacial score (nSPS) is 24.0. The molecule has 5 heteroatoms. The highest BCUT2D eigenvalue weighted by Crippen LogP contribution is 2.39. The summed E-state index contributed by atoms with van der Waals surface area (Å²) in [4.78, 5) is 14.3. The number of nitrogens with zero attached hydrogens (tertiary/aromatic N) is 1. The Balaban J connectivity index is 2.24. The zero-order valence-corrected chi connectivity index (χ0v) is 16.8. The van der Waals surface area contributed by atoms with E-state index in [-0.39, 0.29) is 6.09 Å². The minimum Gasteiger partial charge on any atom is -0.444 e. The van der Waals surface area contributed by atoms with Crippen LogP contribution in [0.4, 0.5) is 4.79 Å². The zero-order valence-electron chi connectivity index (χ0n) is 15.9. The van der Waals surface area contributed by atoms with E-state index in [0.717, 1.165) is 37.8 Å². The van der Waals surface area contributed by atoms with Crippen molar-refractivity contribution >= 4 is 18.7 Å². The number of amides is 1. The van der Waals surface area contributed by atoms with Gasteiger partial charge in [-0.2, -0.15) is 12.6 Å². The van der Waals surface area contributed by atoms with Crippen LogP contribution < -0.4 is 5.32 Å². The van der Waals surface area contributed by atoms with Gasteiger partial charge in [-0.3, -0.25) is 4.90 Å². The fourth-order valence-corrected chi connectivity index (χ4v) is 3.93. The molecule has 2 rings (SSSR count). The highest BCUT2D eigenvalue weighted by Gasteiger charge is 2.42. The first-order chi connectivity index (χ1) is 11.7. The van der Waals surface area contributed by atoms with Crippen molar-refractivity contribution in [3.05, 3.63) is 35.9 Å². The van der Waals surface area contributed by atoms with Crippen LogP contribution in [0.25, 0.3) is 0 Å². The molecule has 0 radical (unpaired) electrons. The topological polar surface area (TPSA) is 41.6 Å². The Kier molecular flexibility index (Phi) is 6.80. The molecule has 1 aliphatic carbocycles. The van der Waals surface area contributed by atoms with E-state index >= 15 is 0 Å². The Labute approximate surface area is 157 Å². The maximum Gasteiger partial charge on any atom is 0.411 e. The van der Waals surface area contributed by atoms with E-state index < -0.39 is 10.5 Å². The number of carbonyl (C=O) groups excluding carboxylic acids is 1. The molecule has 25 heavy (non-hydrogen) atoms. The van der Waals surface area contributed by atoms with Gasteiger partial charge in [-0.25, -0.2) is 4.79 Å². The Morgan fingerprint density at radius 1 is 1.36 bits per heavy atom. The van der Waals surface area contributed by atoms with Crippen LogP contribution in [0.2, 0.25) is 0 Å². The van der Waals surface area contributed by atoms with E-state index in [1.54, 1.807) is 0 Å². The minimum atomic E-state index is -0.522. The van der Waals surface area contributed by atoms with Crippen molar-refractivity contribution in [2.45, 2.75) is 76.4 Å². The van der Waals surface area contributed by atoms with E-state index in [1.165, 1.54) is 0 Å². The third kappa shape index (κ3) is 5.93. The largest absolute Gasteiger partial charge is 0.444 e. The molecule has 1 aliphatic rings. The molecule has 0 heterocycles. The summed E-state index contributed by atoms with van der Waals surface area (Å²) in [6.45, 7) is 9.26. The Bertz CT molecular complexity index is 557. The highest BCUT2D eigenvalue weighted by molar-refractivity contribution is 7.81. The summed E-state index contributed by atoms with van der Waals surface area (Å²) in [5.74, 6) is 0.